The van der Waals surface area contributed by atoms with Crippen LogP contribution in [0.2, 0.25) is 0 Å². The molecule has 1 aromatic carbocycles. The lowest BCUT2D eigenvalue weighted by Crippen LogP contribution is -2.71. The standard InChI is InChI=1S/C17H16F3N5O3/c18-10-3-1-2-9(13(10)26)11-6-12-14(23-22-11)21-7-17(15(19)20)8-24(16(27)28)4-5-25(12)17/h1-3,6,15,26H,4-5,7-8H2,(H,21,23)(H,27,28). The third kappa shape index (κ3) is 2.65. The van der Waals surface area contributed by atoms with Crippen LogP contribution >= 0.6 is 0 Å². The number of aromatic hydroxyl groups is 1. The van der Waals surface area contributed by atoms with Gasteiger partial charge < -0.3 is 25.3 Å². The molecule has 2 aromatic rings. The Balaban J connectivity index is 1.79. The molecular formula is C17H16F3N5O3. The van der Waals surface area contributed by atoms with Gasteiger partial charge in [-0.3, -0.25) is 0 Å². The molecule has 1 aromatic heterocycles. The highest BCUT2D eigenvalue weighted by Gasteiger charge is 2.53. The molecule has 3 heterocycles. The number of fused-ring (bicyclic) bond motifs is 3. The van der Waals surface area contributed by atoms with E-state index in [1.54, 1.807) is 0 Å². The van der Waals surface area contributed by atoms with Crippen LogP contribution in [0, 0.1) is 5.82 Å². The van der Waals surface area contributed by atoms with E-state index in [1.165, 1.54) is 23.1 Å². The average Bonchev–Trinajstić information content (AvgIpc) is 2.68. The number of nitrogens with one attached hydrogen (secondary N) is 1. The highest BCUT2D eigenvalue weighted by molar-refractivity contribution is 5.78. The summed E-state index contributed by atoms with van der Waals surface area (Å²) in [6.07, 6.45) is -4.10. The molecule has 28 heavy (non-hydrogen) atoms. The Bertz CT molecular complexity index is 944. The van der Waals surface area contributed by atoms with Gasteiger partial charge in [0.2, 0.25) is 0 Å². The van der Waals surface area contributed by atoms with Crippen molar-refractivity contribution >= 4 is 17.6 Å². The van der Waals surface area contributed by atoms with Crippen LogP contribution in [0.3, 0.4) is 0 Å². The van der Waals surface area contributed by atoms with E-state index in [0.717, 1.165) is 11.0 Å². The first-order valence-electron chi connectivity index (χ1n) is 8.46. The highest BCUT2D eigenvalue weighted by atomic mass is 19.3. The molecule has 0 spiro atoms. The Morgan fingerprint density at radius 3 is 2.79 bits per heavy atom. The van der Waals surface area contributed by atoms with Crippen molar-refractivity contribution in [3.05, 3.63) is 30.1 Å². The van der Waals surface area contributed by atoms with E-state index in [0.29, 0.717) is 5.69 Å². The quantitative estimate of drug-likeness (QED) is 0.717. The van der Waals surface area contributed by atoms with E-state index in [4.69, 9.17) is 0 Å². The number of hydrogen-bond acceptors (Lipinski definition) is 6. The summed E-state index contributed by atoms with van der Waals surface area (Å²) >= 11 is 0. The molecule has 1 fully saturated rings. The number of hydrogen-bond donors (Lipinski definition) is 3. The second-order valence-corrected chi connectivity index (χ2v) is 6.71. The SMILES string of the molecule is O=C(O)N1CCN2c3cc(-c4cccc(F)c4O)nnc3NCC2(C(F)F)C1. The summed E-state index contributed by atoms with van der Waals surface area (Å²) in [5, 5.41) is 29.9. The number of alkyl halides is 2. The Hall–Kier alpha value is -3.24. The van der Waals surface area contributed by atoms with Crippen molar-refractivity contribution in [2.45, 2.75) is 12.0 Å². The van der Waals surface area contributed by atoms with Gasteiger partial charge in [-0.1, -0.05) is 6.07 Å². The molecule has 2 aliphatic heterocycles. The maximum Gasteiger partial charge on any atom is 0.407 e. The van der Waals surface area contributed by atoms with Gasteiger partial charge in [0, 0.05) is 25.2 Å². The van der Waals surface area contributed by atoms with Gasteiger partial charge in [-0.05, 0) is 18.2 Å². The number of halogens is 3. The van der Waals surface area contributed by atoms with Gasteiger partial charge in [0.25, 0.3) is 6.43 Å². The molecule has 4 rings (SSSR count). The first-order chi connectivity index (χ1) is 13.3. The molecular weight excluding hydrogens is 379 g/mol. The van der Waals surface area contributed by atoms with Crippen LogP contribution in [0.25, 0.3) is 11.3 Å². The molecule has 8 nitrogen and oxygen atoms in total. The minimum atomic E-state index is -2.84. The molecule has 1 saturated heterocycles. The van der Waals surface area contributed by atoms with Crippen molar-refractivity contribution in [3.8, 4) is 17.0 Å². The first kappa shape index (κ1) is 18.1. The fourth-order valence-electron chi connectivity index (χ4n) is 3.68. The molecule has 1 unspecified atom stereocenters. The van der Waals surface area contributed by atoms with Crippen LogP contribution < -0.4 is 10.2 Å². The molecule has 3 N–H and O–H groups in total. The summed E-state index contributed by atoms with van der Waals surface area (Å²) < 4.78 is 41.9. The molecule has 11 heteroatoms. The van der Waals surface area contributed by atoms with Gasteiger partial charge >= 0.3 is 6.09 Å². The molecule has 148 valence electrons. The number of anilines is 2. The topological polar surface area (TPSA) is 102 Å². The number of nitrogens with zero attached hydrogens (tertiary/aromatic N) is 4. The maximum absolute atomic E-state index is 14.1. The molecule has 0 radical (unpaired) electrons. The molecule has 2 aliphatic rings. The summed E-state index contributed by atoms with van der Waals surface area (Å²) in [4.78, 5) is 13.7. The Morgan fingerprint density at radius 2 is 2.07 bits per heavy atom. The van der Waals surface area contributed by atoms with Gasteiger partial charge in [0.1, 0.15) is 5.54 Å². The predicted octanol–water partition coefficient (Wildman–Crippen LogP) is 2.22. The van der Waals surface area contributed by atoms with Crippen LogP contribution in [-0.2, 0) is 0 Å². The zero-order valence-corrected chi connectivity index (χ0v) is 14.4. The van der Waals surface area contributed by atoms with E-state index < -0.39 is 29.6 Å². The van der Waals surface area contributed by atoms with Crippen molar-refractivity contribution in [2.24, 2.45) is 0 Å². The minimum absolute atomic E-state index is 0.0333. The van der Waals surface area contributed by atoms with Gasteiger partial charge in [-0.2, -0.15) is 0 Å². The van der Waals surface area contributed by atoms with Gasteiger partial charge in [0.05, 0.1) is 17.9 Å². The zero-order chi connectivity index (χ0) is 20.1. The van der Waals surface area contributed by atoms with Crippen LogP contribution in [0.15, 0.2) is 24.3 Å². The number of phenolic OH excluding ortho intramolecular Hbond substituents is 1. The van der Waals surface area contributed by atoms with Crippen molar-refractivity contribution in [1.82, 2.24) is 15.1 Å². The summed E-state index contributed by atoms with van der Waals surface area (Å²) in [7, 11) is 0. The lowest BCUT2D eigenvalue weighted by Gasteiger charge is -2.53. The molecule has 0 aliphatic carbocycles. The smallest absolute Gasteiger partial charge is 0.407 e. The number of piperazine rings is 1. The Kier molecular flexibility index (Phi) is 4.16. The number of carboxylic acid groups (broad SMARTS) is 1. The van der Waals surface area contributed by atoms with E-state index in [1.807, 2.05) is 0 Å². The fourth-order valence-corrected chi connectivity index (χ4v) is 3.68. The summed E-state index contributed by atoms with van der Waals surface area (Å²) in [5.41, 5.74) is -1.28. The average molecular weight is 395 g/mol. The van der Waals surface area contributed by atoms with E-state index >= 15 is 0 Å². The molecule has 0 saturated carbocycles. The molecule has 1 amide bonds. The minimum Gasteiger partial charge on any atom is -0.504 e. The maximum atomic E-state index is 14.1. The van der Waals surface area contributed by atoms with Crippen LogP contribution in [0.5, 0.6) is 5.75 Å². The molecule has 1 atom stereocenters. The normalized spacial score (nSPS) is 21.1. The Morgan fingerprint density at radius 1 is 1.29 bits per heavy atom. The largest absolute Gasteiger partial charge is 0.504 e. The number of phenols is 1. The van der Waals surface area contributed by atoms with Gasteiger partial charge in [-0.15, -0.1) is 10.2 Å². The van der Waals surface area contributed by atoms with E-state index in [9.17, 15) is 28.2 Å². The number of carbonyl (C=O) groups is 1. The summed E-state index contributed by atoms with van der Waals surface area (Å²) in [6.45, 7) is -0.506. The van der Waals surface area contributed by atoms with Crippen molar-refractivity contribution < 1.29 is 28.2 Å². The van der Waals surface area contributed by atoms with Crippen molar-refractivity contribution in [2.75, 3.05) is 36.4 Å². The van der Waals surface area contributed by atoms with E-state index in [2.05, 4.69) is 15.5 Å². The molecule has 0 bridgehead atoms. The third-order valence-electron chi connectivity index (χ3n) is 5.16. The van der Waals surface area contributed by atoms with Crippen molar-refractivity contribution in [3.63, 3.8) is 0 Å². The number of aromatic nitrogens is 2. The van der Waals surface area contributed by atoms with Gasteiger partial charge in [-0.25, -0.2) is 18.0 Å². The zero-order valence-electron chi connectivity index (χ0n) is 14.4. The third-order valence-corrected chi connectivity index (χ3v) is 5.16. The van der Waals surface area contributed by atoms with Crippen LogP contribution in [0.1, 0.15) is 0 Å². The van der Waals surface area contributed by atoms with E-state index in [-0.39, 0.29) is 43.3 Å². The summed E-state index contributed by atoms with van der Waals surface area (Å²) in [5.74, 6) is -1.19. The Labute approximate surface area is 157 Å². The van der Waals surface area contributed by atoms with Crippen LogP contribution in [-0.4, -0.2) is 69.5 Å². The van der Waals surface area contributed by atoms with Crippen LogP contribution in [0.4, 0.5) is 29.5 Å². The van der Waals surface area contributed by atoms with Gasteiger partial charge in [0.15, 0.2) is 17.4 Å². The lowest BCUT2D eigenvalue weighted by atomic mass is 9.91. The second kappa shape index (κ2) is 6.43. The highest BCUT2D eigenvalue weighted by Crippen LogP contribution is 2.42. The monoisotopic (exact) mass is 395 g/mol. The second-order valence-electron chi connectivity index (χ2n) is 6.71. The van der Waals surface area contributed by atoms with Crippen molar-refractivity contribution in [1.29, 1.82) is 0 Å². The number of amides is 1. The first-order valence-corrected chi connectivity index (χ1v) is 8.46. The number of para-hydroxylation sites is 1. The summed E-state index contributed by atoms with van der Waals surface area (Å²) in [6, 6.07) is 5.35. The number of benzene rings is 1. The fraction of sp³-hybridized carbons (Fsp3) is 0.353. The number of rotatable bonds is 2. The lowest BCUT2D eigenvalue weighted by molar-refractivity contribution is 0.0168. The predicted molar refractivity (Wildman–Crippen MR) is 93.3 cm³/mol.